The predicted octanol–water partition coefficient (Wildman–Crippen LogP) is 4.97. The lowest BCUT2D eigenvalue weighted by atomic mass is 10.1. The van der Waals surface area contributed by atoms with Gasteiger partial charge in [0.15, 0.2) is 11.6 Å². The zero-order chi connectivity index (χ0) is 20.7. The number of aryl methyl sites for hydroxylation is 1. The number of aromatic nitrogens is 2. The van der Waals surface area contributed by atoms with Gasteiger partial charge in [0, 0.05) is 12.1 Å². The molecule has 1 aliphatic heterocycles. The third-order valence-corrected chi connectivity index (χ3v) is 6.20. The molecule has 0 fully saturated rings. The summed E-state index contributed by atoms with van der Waals surface area (Å²) < 4.78 is 29.3. The summed E-state index contributed by atoms with van der Waals surface area (Å²) in [5, 5.41) is 3.16. The number of amides is 1. The lowest BCUT2D eigenvalue weighted by Crippen LogP contribution is -2.28. The second-order valence-electron chi connectivity index (χ2n) is 8.09. The first kappa shape index (κ1) is 19.0. The maximum Gasteiger partial charge on any atom is 0.272 e. The molecule has 0 radical (unpaired) electrons. The Hall–Kier alpha value is -3.02. The summed E-state index contributed by atoms with van der Waals surface area (Å²) in [6.45, 7) is 0.718. The van der Waals surface area contributed by atoms with Crippen LogP contribution in [0, 0.1) is 11.6 Å². The van der Waals surface area contributed by atoms with Crippen molar-refractivity contribution in [3.63, 3.8) is 0 Å². The summed E-state index contributed by atoms with van der Waals surface area (Å²) in [5.41, 5.74) is 4.21. The van der Waals surface area contributed by atoms with Gasteiger partial charge in [0.2, 0.25) is 0 Å². The van der Waals surface area contributed by atoms with Crippen LogP contribution in [-0.2, 0) is 19.4 Å². The topological polar surface area (TPSA) is 46.9 Å². The average Bonchev–Trinajstić information content (AvgIpc) is 3.23. The highest BCUT2D eigenvalue weighted by Gasteiger charge is 2.28. The number of carbonyl (C=O) groups excluding carboxylic acids is 1. The van der Waals surface area contributed by atoms with Crippen LogP contribution in [0.1, 0.15) is 59.0 Å². The van der Waals surface area contributed by atoms with Crippen molar-refractivity contribution in [2.75, 3.05) is 0 Å². The molecular weight excluding hydrogens is 384 g/mol. The number of fused-ring (bicyclic) bond motifs is 2. The second kappa shape index (κ2) is 7.67. The summed E-state index contributed by atoms with van der Waals surface area (Å²) >= 11 is 0. The van der Waals surface area contributed by atoms with Crippen LogP contribution in [0.25, 0.3) is 11.4 Å². The van der Waals surface area contributed by atoms with Crippen LogP contribution in [0.15, 0.2) is 42.5 Å². The molecule has 1 N–H and O–H groups in total. The smallest absolute Gasteiger partial charge is 0.272 e. The first-order valence-electron chi connectivity index (χ1n) is 10.6. The van der Waals surface area contributed by atoms with E-state index in [1.807, 2.05) is 16.7 Å². The Bertz CT molecular complexity index is 1120. The van der Waals surface area contributed by atoms with E-state index in [2.05, 4.69) is 22.4 Å². The van der Waals surface area contributed by atoms with Crippen LogP contribution in [0.4, 0.5) is 8.78 Å². The molecule has 1 aromatic heterocycles. The van der Waals surface area contributed by atoms with Crippen molar-refractivity contribution >= 4 is 5.91 Å². The maximum absolute atomic E-state index is 13.9. The van der Waals surface area contributed by atoms with Crippen LogP contribution < -0.4 is 5.32 Å². The number of imidazole rings is 1. The van der Waals surface area contributed by atoms with E-state index in [-0.39, 0.29) is 11.9 Å². The van der Waals surface area contributed by atoms with Crippen molar-refractivity contribution in [2.24, 2.45) is 0 Å². The second-order valence-corrected chi connectivity index (χ2v) is 8.09. The van der Waals surface area contributed by atoms with E-state index in [0.717, 1.165) is 68.5 Å². The lowest BCUT2D eigenvalue weighted by molar-refractivity contribution is 0.0931. The molecule has 0 saturated carbocycles. The van der Waals surface area contributed by atoms with Crippen LogP contribution in [0.3, 0.4) is 0 Å². The van der Waals surface area contributed by atoms with E-state index < -0.39 is 11.6 Å². The molecule has 0 saturated heterocycles. The van der Waals surface area contributed by atoms with E-state index in [0.29, 0.717) is 17.1 Å². The summed E-state index contributed by atoms with van der Waals surface area (Å²) in [7, 11) is 0. The van der Waals surface area contributed by atoms with Crippen molar-refractivity contribution in [3.8, 4) is 11.4 Å². The fourth-order valence-electron chi connectivity index (χ4n) is 4.69. The SMILES string of the molecule is O=C(N[C@H]1CCc2ccccc21)c1nc(-c2ccc(F)c(F)c2)n2c1CCCCC2. The Morgan fingerprint density at radius 2 is 1.90 bits per heavy atom. The molecule has 6 heteroatoms. The number of rotatable bonds is 3. The van der Waals surface area contributed by atoms with Crippen LogP contribution >= 0.6 is 0 Å². The number of halogens is 2. The summed E-state index contributed by atoms with van der Waals surface area (Å²) in [6, 6.07) is 11.9. The molecule has 1 aliphatic carbocycles. The minimum Gasteiger partial charge on any atom is -0.344 e. The fourth-order valence-corrected chi connectivity index (χ4v) is 4.69. The van der Waals surface area contributed by atoms with E-state index >= 15 is 0 Å². The molecule has 0 spiro atoms. The molecule has 2 aromatic carbocycles. The minimum absolute atomic E-state index is 0.0245. The van der Waals surface area contributed by atoms with Gasteiger partial charge >= 0.3 is 0 Å². The Balaban J connectivity index is 1.51. The number of benzene rings is 2. The fraction of sp³-hybridized carbons (Fsp3) is 0.333. The molecule has 154 valence electrons. The molecule has 2 aliphatic rings. The molecule has 0 bridgehead atoms. The molecule has 3 aromatic rings. The largest absolute Gasteiger partial charge is 0.344 e. The van der Waals surface area contributed by atoms with Gasteiger partial charge in [-0.15, -0.1) is 0 Å². The van der Waals surface area contributed by atoms with Gasteiger partial charge in [0.25, 0.3) is 5.91 Å². The first-order chi connectivity index (χ1) is 14.6. The van der Waals surface area contributed by atoms with Crippen molar-refractivity contribution < 1.29 is 13.6 Å². The monoisotopic (exact) mass is 407 g/mol. The quantitative estimate of drug-likeness (QED) is 0.666. The molecule has 1 atom stereocenters. The van der Waals surface area contributed by atoms with Gasteiger partial charge in [0.05, 0.1) is 11.7 Å². The summed E-state index contributed by atoms with van der Waals surface area (Å²) in [6.07, 6.45) is 5.59. The maximum atomic E-state index is 13.9. The molecule has 5 rings (SSSR count). The van der Waals surface area contributed by atoms with Crippen LogP contribution in [-0.4, -0.2) is 15.5 Å². The van der Waals surface area contributed by atoms with Gasteiger partial charge < -0.3 is 9.88 Å². The standard InChI is InChI=1S/C24H23F2N3O/c25-18-11-9-16(14-19(18)26)23-28-22(21-8-2-1-5-13-29(21)23)24(30)27-20-12-10-15-6-3-4-7-17(15)20/h3-4,6-7,9,11,14,20H,1-2,5,8,10,12-13H2,(H,27,30)/t20-/m0/s1. The van der Waals surface area contributed by atoms with E-state index in [1.165, 1.54) is 11.6 Å². The van der Waals surface area contributed by atoms with Crippen molar-refractivity contribution in [1.29, 1.82) is 0 Å². The Labute approximate surface area is 173 Å². The predicted molar refractivity (Wildman–Crippen MR) is 110 cm³/mol. The van der Waals surface area contributed by atoms with Gasteiger partial charge in [-0.3, -0.25) is 4.79 Å². The van der Waals surface area contributed by atoms with E-state index in [1.54, 1.807) is 0 Å². The lowest BCUT2D eigenvalue weighted by Gasteiger charge is -2.14. The number of nitrogens with zero attached hydrogens (tertiary/aromatic N) is 2. The van der Waals surface area contributed by atoms with Gasteiger partial charge in [0.1, 0.15) is 11.5 Å². The zero-order valence-corrected chi connectivity index (χ0v) is 16.6. The van der Waals surface area contributed by atoms with Crippen LogP contribution in [0.2, 0.25) is 0 Å². The van der Waals surface area contributed by atoms with Gasteiger partial charge in [-0.2, -0.15) is 0 Å². The third kappa shape index (κ3) is 3.30. The molecule has 0 unspecified atom stereocenters. The Kier molecular flexibility index (Phi) is 4.85. The Morgan fingerprint density at radius 3 is 2.77 bits per heavy atom. The summed E-state index contributed by atoms with van der Waals surface area (Å²) in [5.74, 6) is -1.47. The normalized spacial score (nSPS) is 17.9. The van der Waals surface area contributed by atoms with Gasteiger partial charge in [-0.25, -0.2) is 13.8 Å². The molecule has 30 heavy (non-hydrogen) atoms. The van der Waals surface area contributed by atoms with Crippen molar-refractivity contribution in [3.05, 3.63) is 76.6 Å². The molecule has 1 amide bonds. The average molecular weight is 407 g/mol. The van der Waals surface area contributed by atoms with Crippen molar-refractivity contribution in [2.45, 2.75) is 51.1 Å². The summed E-state index contributed by atoms with van der Waals surface area (Å²) in [4.78, 5) is 17.9. The highest BCUT2D eigenvalue weighted by atomic mass is 19.2. The minimum atomic E-state index is -0.910. The van der Waals surface area contributed by atoms with Crippen LogP contribution in [0.5, 0.6) is 0 Å². The first-order valence-corrected chi connectivity index (χ1v) is 10.6. The van der Waals surface area contributed by atoms with Crippen molar-refractivity contribution in [1.82, 2.24) is 14.9 Å². The van der Waals surface area contributed by atoms with Gasteiger partial charge in [-0.1, -0.05) is 30.7 Å². The van der Waals surface area contributed by atoms with E-state index in [9.17, 15) is 13.6 Å². The molecule has 2 heterocycles. The number of hydrogen-bond acceptors (Lipinski definition) is 2. The number of nitrogens with one attached hydrogen (secondary N) is 1. The highest BCUT2D eigenvalue weighted by molar-refractivity contribution is 5.94. The zero-order valence-electron chi connectivity index (χ0n) is 16.6. The van der Waals surface area contributed by atoms with E-state index in [4.69, 9.17) is 0 Å². The third-order valence-electron chi connectivity index (χ3n) is 6.20. The number of carbonyl (C=O) groups is 1. The van der Waals surface area contributed by atoms with Gasteiger partial charge in [-0.05, 0) is 61.4 Å². The molecular formula is C24H23F2N3O. The number of hydrogen-bond donors (Lipinski definition) is 1. The Morgan fingerprint density at radius 1 is 1.03 bits per heavy atom. The molecule has 4 nitrogen and oxygen atoms in total. The highest BCUT2D eigenvalue weighted by Crippen LogP contribution is 2.32.